The molecule has 2 heteroatoms. The molecule has 2 nitrogen and oxygen atoms in total. The minimum atomic E-state index is 0.540. The Bertz CT molecular complexity index is 380. The molecule has 112 valence electrons. The molecule has 0 bridgehead atoms. The van der Waals surface area contributed by atoms with Gasteiger partial charge in [-0.3, -0.25) is 0 Å². The van der Waals surface area contributed by atoms with Gasteiger partial charge in [-0.05, 0) is 57.2 Å². The zero-order chi connectivity index (χ0) is 14.0. The van der Waals surface area contributed by atoms with Crippen LogP contribution in [0.2, 0.25) is 0 Å². The fourth-order valence-corrected chi connectivity index (χ4v) is 3.01. The number of hydrogen-bond donors (Lipinski definition) is 1. The van der Waals surface area contributed by atoms with Gasteiger partial charge in [-0.25, -0.2) is 0 Å². The summed E-state index contributed by atoms with van der Waals surface area (Å²) in [5.41, 5.74) is 1.64. The van der Waals surface area contributed by atoms with Gasteiger partial charge in [0.1, 0.15) is 5.76 Å². The Kier molecular flexibility index (Phi) is 6.93. The second-order valence-corrected chi connectivity index (χ2v) is 5.86. The molecule has 1 unspecified atom stereocenters. The van der Waals surface area contributed by atoms with E-state index >= 15 is 0 Å². The maximum absolute atomic E-state index is 5.47. The molecule has 0 saturated carbocycles. The van der Waals surface area contributed by atoms with E-state index < -0.39 is 0 Å². The second-order valence-electron chi connectivity index (χ2n) is 5.86. The summed E-state index contributed by atoms with van der Waals surface area (Å²) in [6, 6.07) is 4.61. The van der Waals surface area contributed by atoms with Crippen LogP contribution in [0.5, 0.6) is 0 Å². The lowest BCUT2D eigenvalue weighted by atomic mass is 9.92. The molecule has 0 radical (unpaired) electrons. The van der Waals surface area contributed by atoms with Crippen molar-refractivity contribution in [2.24, 2.45) is 0 Å². The lowest BCUT2D eigenvalue weighted by molar-refractivity contribution is 0.458. The van der Waals surface area contributed by atoms with Crippen molar-refractivity contribution in [3.05, 3.63) is 35.8 Å². The number of furan rings is 1. The van der Waals surface area contributed by atoms with Crippen molar-refractivity contribution < 1.29 is 4.42 Å². The first kappa shape index (κ1) is 15.4. The first-order chi connectivity index (χ1) is 9.90. The van der Waals surface area contributed by atoms with E-state index in [9.17, 15) is 0 Å². The second kappa shape index (κ2) is 9.02. The van der Waals surface area contributed by atoms with E-state index in [1.807, 2.05) is 6.07 Å². The minimum absolute atomic E-state index is 0.540. The Labute approximate surface area is 123 Å². The molecule has 0 saturated heterocycles. The van der Waals surface area contributed by atoms with Crippen LogP contribution in [0.3, 0.4) is 0 Å². The summed E-state index contributed by atoms with van der Waals surface area (Å²) in [6.07, 6.45) is 15.7. The highest BCUT2D eigenvalue weighted by molar-refractivity contribution is 5.13. The molecule has 1 aliphatic carbocycles. The first-order valence-electron chi connectivity index (χ1n) is 8.35. The van der Waals surface area contributed by atoms with Crippen molar-refractivity contribution in [1.82, 2.24) is 5.32 Å². The van der Waals surface area contributed by atoms with Crippen molar-refractivity contribution in [2.75, 3.05) is 6.54 Å². The highest BCUT2D eigenvalue weighted by Gasteiger charge is 2.15. The molecule has 1 aromatic rings. The predicted molar refractivity (Wildman–Crippen MR) is 84.9 cm³/mol. The standard InChI is InChI=1S/C18H29NO/c1-2-14-19-18(13-12-17-11-8-15-20-17)16-9-6-4-3-5-7-10-16/h8-9,11,15,18-19H,2-7,10,12-14H2,1H3/b16-9+. The third-order valence-electron chi connectivity index (χ3n) is 4.17. The predicted octanol–water partition coefficient (Wildman–Crippen LogP) is 4.86. The van der Waals surface area contributed by atoms with Crippen LogP contribution in [-0.2, 0) is 6.42 Å². The van der Waals surface area contributed by atoms with Gasteiger partial charge < -0.3 is 9.73 Å². The number of aryl methyl sites for hydroxylation is 1. The molecular formula is C18H29NO. The molecule has 1 N–H and O–H groups in total. The molecular weight excluding hydrogens is 246 g/mol. The summed E-state index contributed by atoms with van der Waals surface area (Å²) in [5.74, 6) is 1.11. The maximum atomic E-state index is 5.47. The largest absolute Gasteiger partial charge is 0.469 e. The van der Waals surface area contributed by atoms with Gasteiger partial charge in [-0.1, -0.05) is 31.4 Å². The summed E-state index contributed by atoms with van der Waals surface area (Å²) in [6.45, 7) is 3.35. The van der Waals surface area contributed by atoms with E-state index in [2.05, 4.69) is 24.4 Å². The van der Waals surface area contributed by atoms with Crippen LogP contribution in [0, 0.1) is 0 Å². The molecule has 0 amide bonds. The third-order valence-corrected chi connectivity index (χ3v) is 4.17. The third kappa shape index (κ3) is 5.16. The quantitative estimate of drug-likeness (QED) is 0.719. The van der Waals surface area contributed by atoms with Gasteiger partial charge >= 0.3 is 0 Å². The fourth-order valence-electron chi connectivity index (χ4n) is 3.01. The number of nitrogens with one attached hydrogen (secondary N) is 1. The maximum Gasteiger partial charge on any atom is 0.103 e. The molecule has 1 heterocycles. The zero-order valence-corrected chi connectivity index (χ0v) is 12.9. The van der Waals surface area contributed by atoms with Crippen molar-refractivity contribution in [3.8, 4) is 0 Å². The van der Waals surface area contributed by atoms with Crippen LogP contribution in [0.15, 0.2) is 34.5 Å². The van der Waals surface area contributed by atoms with Gasteiger partial charge in [-0.15, -0.1) is 0 Å². The SMILES string of the molecule is CCCNC(CCc1ccco1)/C1=C/CCCCCC1. The number of rotatable bonds is 7. The highest BCUT2D eigenvalue weighted by atomic mass is 16.3. The molecule has 0 aliphatic heterocycles. The number of hydrogen-bond acceptors (Lipinski definition) is 2. The zero-order valence-electron chi connectivity index (χ0n) is 12.9. The summed E-state index contributed by atoms with van der Waals surface area (Å²) in [7, 11) is 0. The lowest BCUT2D eigenvalue weighted by Crippen LogP contribution is -2.32. The Hall–Kier alpha value is -1.02. The van der Waals surface area contributed by atoms with E-state index in [1.54, 1.807) is 11.8 Å². The van der Waals surface area contributed by atoms with Crippen LogP contribution in [0.4, 0.5) is 0 Å². The summed E-state index contributed by atoms with van der Waals surface area (Å²) in [5, 5.41) is 3.74. The molecule has 0 aromatic carbocycles. The monoisotopic (exact) mass is 275 g/mol. The van der Waals surface area contributed by atoms with E-state index in [1.165, 1.54) is 44.9 Å². The van der Waals surface area contributed by atoms with Crippen LogP contribution in [0.25, 0.3) is 0 Å². The molecule has 1 atom stereocenters. The first-order valence-corrected chi connectivity index (χ1v) is 8.35. The van der Waals surface area contributed by atoms with Gasteiger partial charge in [0.05, 0.1) is 6.26 Å². The molecule has 0 spiro atoms. The molecule has 20 heavy (non-hydrogen) atoms. The summed E-state index contributed by atoms with van der Waals surface area (Å²) in [4.78, 5) is 0. The molecule has 2 rings (SSSR count). The normalized spacial score (nSPS) is 20.8. The van der Waals surface area contributed by atoms with Crippen molar-refractivity contribution in [3.63, 3.8) is 0 Å². The Morgan fingerprint density at radius 1 is 1.25 bits per heavy atom. The minimum Gasteiger partial charge on any atom is -0.469 e. The van der Waals surface area contributed by atoms with Crippen molar-refractivity contribution >= 4 is 0 Å². The van der Waals surface area contributed by atoms with Crippen LogP contribution >= 0.6 is 0 Å². The van der Waals surface area contributed by atoms with Gasteiger partial charge in [0.25, 0.3) is 0 Å². The summed E-state index contributed by atoms with van der Waals surface area (Å²) >= 11 is 0. The fraction of sp³-hybridized carbons (Fsp3) is 0.667. The topological polar surface area (TPSA) is 25.2 Å². The van der Waals surface area contributed by atoms with E-state index in [0.717, 1.165) is 25.1 Å². The van der Waals surface area contributed by atoms with Crippen LogP contribution in [0.1, 0.15) is 64.1 Å². The lowest BCUT2D eigenvalue weighted by Gasteiger charge is -2.23. The summed E-state index contributed by atoms with van der Waals surface area (Å²) < 4.78 is 5.47. The van der Waals surface area contributed by atoms with Crippen LogP contribution in [-0.4, -0.2) is 12.6 Å². The van der Waals surface area contributed by atoms with Gasteiger partial charge in [0.2, 0.25) is 0 Å². The van der Waals surface area contributed by atoms with E-state index in [4.69, 9.17) is 4.42 Å². The van der Waals surface area contributed by atoms with Crippen molar-refractivity contribution in [1.29, 1.82) is 0 Å². The smallest absolute Gasteiger partial charge is 0.103 e. The molecule has 0 fully saturated rings. The van der Waals surface area contributed by atoms with Crippen LogP contribution < -0.4 is 5.32 Å². The molecule has 1 aliphatic rings. The Morgan fingerprint density at radius 3 is 2.95 bits per heavy atom. The Balaban J connectivity index is 1.93. The van der Waals surface area contributed by atoms with E-state index in [0.29, 0.717) is 6.04 Å². The van der Waals surface area contributed by atoms with Crippen molar-refractivity contribution in [2.45, 2.75) is 70.8 Å². The van der Waals surface area contributed by atoms with Gasteiger partial charge in [-0.2, -0.15) is 0 Å². The highest BCUT2D eigenvalue weighted by Crippen LogP contribution is 2.22. The Morgan fingerprint density at radius 2 is 2.15 bits per heavy atom. The van der Waals surface area contributed by atoms with E-state index in [-0.39, 0.29) is 0 Å². The van der Waals surface area contributed by atoms with Gasteiger partial charge in [0.15, 0.2) is 0 Å². The average molecular weight is 275 g/mol. The molecule has 1 aromatic heterocycles. The van der Waals surface area contributed by atoms with Gasteiger partial charge in [0, 0.05) is 12.5 Å². The number of allylic oxidation sites excluding steroid dienone is 1. The average Bonchev–Trinajstić information content (AvgIpc) is 2.93.